The molecule has 0 aliphatic carbocycles. The summed E-state index contributed by atoms with van der Waals surface area (Å²) in [5, 5.41) is 46.6. The first-order valence-corrected chi connectivity index (χ1v) is 28.7. The highest BCUT2D eigenvalue weighted by Crippen LogP contribution is 2.38. The van der Waals surface area contributed by atoms with Gasteiger partial charge in [-0.1, -0.05) is 89.6 Å². The van der Waals surface area contributed by atoms with Gasteiger partial charge in [0, 0.05) is 88.3 Å². The van der Waals surface area contributed by atoms with E-state index in [0.29, 0.717) is 55.3 Å². The van der Waals surface area contributed by atoms with E-state index in [0.717, 1.165) is 0 Å². The van der Waals surface area contributed by atoms with Crippen molar-refractivity contribution in [1.29, 1.82) is 0 Å². The minimum Gasteiger partial charge on any atom is -0.457 e. The Morgan fingerprint density at radius 1 is 0.926 bits per heavy atom. The van der Waals surface area contributed by atoms with E-state index in [9.17, 15) is 58.8 Å². The summed E-state index contributed by atoms with van der Waals surface area (Å²) >= 11 is 0. The fourth-order valence-corrected chi connectivity index (χ4v) is 10.2. The summed E-state index contributed by atoms with van der Waals surface area (Å²) < 4.78 is 23.2. The number of amides is 5. The summed E-state index contributed by atoms with van der Waals surface area (Å²) in [7, 11) is 0. The molecule has 1 aromatic carbocycles. The van der Waals surface area contributed by atoms with Crippen LogP contribution < -0.4 is 5.32 Å². The zero-order valence-corrected chi connectivity index (χ0v) is 48.8. The van der Waals surface area contributed by atoms with Gasteiger partial charge >= 0.3 is 18.2 Å². The van der Waals surface area contributed by atoms with Gasteiger partial charge in [-0.25, -0.2) is 9.59 Å². The number of aliphatic hydroxyl groups is 4. The number of aliphatic hydroxyl groups excluding tert-OH is 2. The molecule has 5 amide bonds. The lowest BCUT2D eigenvalue weighted by Gasteiger charge is -2.37. The standard InChI is InChI=1S/C61H88N4O16/c1-10-48(68)41(6)56-50(79-56)36-60(8,76)26-14-15-39(4)55-40(5)17-22-51(61(9,77)27-25-46(67)35-54(72)81-55)80-59(75)64-31-29-63(30-32-64)58(74)78-37-44-20-18-43(19-21-44)33-49(69)42(7)62-57(73)47(38(2)3)34-45(66)16-12-11-13-28-65-52(70)23-24-53(65)71/h14-15,17-24,26,38,40-42,46-48,50-51,55-56,67-68,76-77H,10-13,16,25,27-37H2,1-9H3,(H,62,73)/b22-17+,26-14+,39-15+/t40-,41+,42-,46+,47-,48-,50+,51-,55+,56+,60-,61+/m0/s1. The van der Waals surface area contributed by atoms with Crippen molar-refractivity contribution in [2.45, 2.75) is 193 Å². The molecule has 4 aliphatic rings. The molecule has 20 heteroatoms. The second kappa shape index (κ2) is 30.3. The molecule has 5 N–H and O–H groups in total. The summed E-state index contributed by atoms with van der Waals surface area (Å²) in [6.45, 7) is 16.7. The monoisotopic (exact) mass is 1130 g/mol. The highest BCUT2D eigenvalue weighted by molar-refractivity contribution is 6.12. The largest absolute Gasteiger partial charge is 0.457 e. The molecule has 0 saturated carbocycles. The number of hydrogen-bond donors (Lipinski definition) is 5. The molecule has 20 nitrogen and oxygen atoms in total. The molecule has 5 rings (SSSR count). The smallest absolute Gasteiger partial charge is 0.410 e. The Kier molecular flexibility index (Phi) is 24.6. The molecule has 4 heterocycles. The van der Waals surface area contributed by atoms with Gasteiger partial charge in [-0.05, 0) is 88.5 Å². The average molecular weight is 1130 g/mol. The van der Waals surface area contributed by atoms with Gasteiger partial charge < -0.3 is 54.5 Å². The first kappa shape index (κ1) is 65.7. The number of hydrogen-bond acceptors (Lipinski definition) is 16. The fraction of sp³-hybridized carbons (Fsp3) is 0.639. The molecule has 0 radical (unpaired) electrons. The van der Waals surface area contributed by atoms with E-state index in [2.05, 4.69) is 5.32 Å². The Bertz CT molecular complexity index is 2460. The molecule has 2 fully saturated rings. The third-order valence-corrected chi connectivity index (χ3v) is 15.8. The molecule has 81 heavy (non-hydrogen) atoms. The maximum atomic E-state index is 13.7. The number of ether oxygens (including phenoxy) is 4. The number of carbonyl (C=O) groups excluding carboxylic acids is 8. The number of esters is 1. The summed E-state index contributed by atoms with van der Waals surface area (Å²) in [6, 6.07) is 6.16. The number of Topliss-reactive ketones (excluding diaryl/α,β-unsaturated/α-hetero) is 2. The van der Waals surface area contributed by atoms with Crippen LogP contribution in [0.25, 0.3) is 0 Å². The maximum absolute atomic E-state index is 13.7. The van der Waals surface area contributed by atoms with Crippen molar-refractivity contribution >= 4 is 47.4 Å². The van der Waals surface area contributed by atoms with Crippen LogP contribution in [0, 0.1) is 23.7 Å². The first-order chi connectivity index (χ1) is 38.2. The maximum Gasteiger partial charge on any atom is 0.410 e. The van der Waals surface area contributed by atoms with Crippen LogP contribution in [0.5, 0.6) is 0 Å². The van der Waals surface area contributed by atoms with E-state index >= 15 is 0 Å². The van der Waals surface area contributed by atoms with Gasteiger partial charge in [0.2, 0.25) is 5.91 Å². The zero-order valence-electron chi connectivity index (χ0n) is 48.8. The van der Waals surface area contributed by atoms with Crippen molar-refractivity contribution in [2.75, 3.05) is 32.7 Å². The van der Waals surface area contributed by atoms with Gasteiger partial charge in [0.15, 0.2) is 11.9 Å². The number of imide groups is 1. The Morgan fingerprint density at radius 2 is 1.56 bits per heavy atom. The van der Waals surface area contributed by atoms with Crippen molar-refractivity contribution in [3.63, 3.8) is 0 Å². The summed E-state index contributed by atoms with van der Waals surface area (Å²) in [4.78, 5) is 107. The molecule has 0 aromatic heterocycles. The predicted octanol–water partition coefficient (Wildman–Crippen LogP) is 6.00. The summed E-state index contributed by atoms with van der Waals surface area (Å²) in [5.41, 5.74) is -0.883. The second-order valence-electron chi connectivity index (χ2n) is 23.3. The van der Waals surface area contributed by atoms with Gasteiger partial charge in [-0.15, -0.1) is 0 Å². The molecule has 0 spiro atoms. The first-order valence-electron chi connectivity index (χ1n) is 28.7. The Labute approximate surface area is 476 Å². The fourth-order valence-electron chi connectivity index (χ4n) is 10.2. The van der Waals surface area contributed by atoms with Gasteiger partial charge in [0.1, 0.15) is 24.1 Å². The number of ketones is 2. The number of rotatable bonds is 25. The predicted molar refractivity (Wildman–Crippen MR) is 300 cm³/mol. The lowest BCUT2D eigenvalue weighted by Crippen LogP contribution is -2.52. The highest BCUT2D eigenvalue weighted by atomic mass is 16.6. The van der Waals surface area contributed by atoms with Crippen molar-refractivity contribution in [3.05, 3.63) is 83.5 Å². The van der Waals surface area contributed by atoms with E-state index in [1.807, 2.05) is 27.7 Å². The van der Waals surface area contributed by atoms with Crippen LogP contribution in [0.3, 0.4) is 0 Å². The van der Waals surface area contributed by atoms with E-state index in [1.165, 1.54) is 33.8 Å². The van der Waals surface area contributed by atoms with Crippen LogP contribution in [0.4, 0.5) is 9.59 Å². The number of nitrogens with one attached hydrogen (secondary N) is 1. The number of allylic oxidation sites excluding steroid dienone is 2. The van der Waals surface area contributed by atoms with Crippen LogP contribution in [0.1, 0.15) is 138 Å². The quantitative estimate of drug-likeness (QED) is 0.0143. The number of piperazine rings is 1. The van der Waals surface area contributed by atoms with Crippen LogP contribution in [-0.4, -0.2) is 169 Å². The van der Waals surface area contributed by atoms with Crippen molar-refractivity contribution in [1.82, 2.24) is 20.0 Å². The molecule has 2 saturated heterocycles. The van der Waals surface area contributed by atoms with Gasteiger partial charge in [-0.2, -0.15) is 0 Å². The average Bonchev–Trinajstić information content (AvgIpc) is 4.18. The molecule has 4 aliphatic heterocycles. The minimum absolute atomic E-state index is 0.00986. The Morgan fingerprint density at radius 3 is 2.19 bits per heavy atom. The van der Waals surface area contributed by atoms with Crippen LogP contribution >= 0.6 is 0 Å². The SMILES string of the molecule is CC[C@H](O)[C@@H](C)[C@H]1O[C@@H]1C[C@@](C)(O)/C=C/C=C(\C)[C@H]1OC(=O)C[C@H](O)CC[C@@](C)(O)[C@@H](OC(=O)N2CCN(C(=O)OCc3ccc(CC(=O)[C@H](C)NC(=O)[C@@H](CC(=O)CCCCCN4C(=O)C=CC4=O)C(C)C)cc3)CC2)/C=C/[C@@H]1C. The Balaban J connectivity index is 1.06. The minimum atomic E-state index is -1.65. The second-order valence-corrected chi connectivity index (χ2v) is 23.3. The number of unbranched alkanes of at least 4 members (excludes halogenated alkanes) is 2. The Hall–Kier alpha value is -6.06. The van der Waals surface area contributed by atoms with Gasteiger partial charge in [-0.3, -0.25) is 33.7 Å². The van der Waals surface area contributed by atoms with Crippen molar-refractivity contribution in [2.24, 2.45) is 23.7 Å². The normalized spacial score (nSPS) is 26.4. The molecular formula is C61H88N4O16. The van der Waals surface area contributed by atoms with Crippen molar-refractivity contribution in [3.8, 4) is 0 Å². The number of carbonyl (C=O) groups is 8. The van der Waals surface area contributed by atoms with Crippen LogP contribution in [-0.2, 0) is 60.7 Å². The number of cyclic esters (lactones) is 1. The molecule has 0 bridgehead atoms. The lowest BCUT2D eigenvalue weighted by atomic mass is 9.88. The topological polar surface area (TPSA) is 279 Å². The van der Waals surface area contributed by atoms with Gasteiger partial charge in [0.25, 0.3) is 11.8 Å². The molecule has 1 aromatic rings. The molecule has 448 valence electrons. The third-order valence-electron chi connectivity index (χ3n) is 15.8. The lowest BCUT2D eigenvalue weighted by molar-refractivity contribution is -0.151. The van der Waals surface area contributed by atoms with Crippen LogP contribution in [0.15, 0.2) is 72.4 Å². The third kappa shape index (κ3) is 20.4. The van der Waals surface area contributed by atoms with Gasteiger partial charge in [0.05, 0.1) is 42.5 Å². The molecule has 12 atom stereocenters. The van der Waals surface area contributed by atoms with E-state index in [4.69, 9.17) is 18.9 Å². The number of benzene rings is 1. The number of nitrogens with zero attached hydrogens (tertiary/aromatic N) is 3. The van der Waals surface area contributed by atoms with E-state index < -0.39 is 71.7 Å². The molecular weight excluding hydrogens is 1040 g/mol. The van der Waals surface area contributed by atoms with Crippen LogP contribution in [0.2, 0.25) is 0 Å². The van der Waals surface area contributed by atoms with E-state index in [1.54, 1.807) is 82.3 Å². The van der Waals surface area contributed by atoms with Crippen molar-refractivity contribution < 1.29 is 77.7 Å². The number of epoxide rings is 1. The van der Waals surface area contributed by atoms with E-state index in [-0.39, 0.29) is 125 Å². The molecule has 0 unspecified atom stereocenters. The summed E-state index contributed by atoms with van der Waals surface area (Å²) in [5.74, 6) is -3.29. The highest BCUT2D eigenvalue weighted by Gasteiger charge is 2.47. The summed E-state index contributed by atoms with van der Waals surface area (Å²) in [6.07, 6.45) is 8.26. The zero-order chi connectivity index (χ0) is 59.8.